The van der Waals surface area contributed by atoms with Crippen LogP contribution in [0.3, 0.4) is 0 Å². The van der Waals surface area contributed by atoms with Crippen molar-refractivity contribution in [3.63, 3.8) is 0 Å². The molecule has 0 bridgehead atoms. The van der Waals surface area contributed by atoms with E-state index in [9.17, 15) is 0 Å². The van der Waals surface area contributed by atoms with Gasteiger partial charge in [-0.25, -0.2) is 14.6 Å². The van der Waals surface area contributed by atoms with E-state index < -0.39 is 0 Å². The molecular weight excluding hydrogens is 202 g/mol. The van der Waals surface area contributed by atoms with Crippen LogP contribution in [0, 0.1) is 0 Å². The van der Waals surface area contributed by atoms with Crippen LogP contribution in [0.5, 0.6) is 0 Å². The lowest BCUT2D eigenvalue weighted by Gasteiger charge is -2.05. The molecule has 1 aliphatic heterocycles. The fourth-order valence-corrected chi connectivity index (χ4v) is 1.91. The number of nitrogens with one attached hydrogen (secondary N) is 1. The van der Waals surface area contributed by atoms with Gasteiger partial charge in [-0.3, -0.25) is 0 Å². The van der Waals surface area contributed by atoms with Gasteiger partial charge in [-0.15, -0.1) is 0 Å². The van der Waals surface area contributed by atoms with Gasteiger partial charge < -0.3 is 5.32 Å². The molecule has 0 unspecified atom stereocenters. The minimum atomic E-state index is 0.658. The quantitative estimate of drug-likeness (QED) is 0.745. The Hall–Kier alpha value is -1.75. The lowest BCUT2D eigenvalue weighted by atomic mass is 10.1. The summed E-state index contributed by atoms with van der Waals surface area (Å²) in [5.41, 5.74) is 2.39. The molecule has 5 heteroatoms. The van der Waals surface area contributed by atoms with E-state index in [1.54, 1.807) is 10.9 Å². The third-order valence-electron chi connectivity index (χ3n) is 2.76. The Balaban J connectivity index is 2.01. The van der Waals surface area contributed by atoms with Gasteiger partial charge in [0.15, 0.2) is 0 Å². The smallest absolute Gasteiger partial charge is 0.250 e. The summed E-state index contributed by atoms with van der Waals surface area (Å²) in [6.45, 7) is 2.00. The van der Waals surface area contributed by atoms with Crippen LogP contribution in [0.15, 0.2) is 24.7 Å². The van der Waals surface area contributed by atoms with Crippen molar-refractivity contribution in [3.05, 3.63) is 35.9 Å². The number of fused-ring (bicyclic) bond motifs is 1. The van der Waals surface area contributed by atoms with Crippen LogP contribution in [0.1, 0.15) is 11.3 Å². The topological polar surface area (TPSA) is 55.6 Å². The third-order valence-corrected chi connectivity index (χ3v) is 2.76. The van der Waals surface area contributed by atoms with E-state index in [-0.39, 0.29) is 0 Å². The molecule has 0 saturated heterocycles. The Morgan fingerprint density at radius 2 is 2.19 bits per heavy atom. The Labute approximate surface area is 93.5 Å². The number of rotatable bonds is 1. The van der Waals surface area contributed by atoms with Crippen molar-refractivity contribution >= 4 is 0 Å². The molecule has 2 aromatic heterocycles. The second-order valence-electron chi connectivity index (χ2n) is 3.84. The van der Waals surface area contributed by atoms with Crippen molar-refractivity contribution in [1.82, 2.24) is 25.1 Å². The Morgan fingerprint density at radius 3 is 3.06 bits per heavy atom. The molecule has 2 aromatic rings. The fraction of sp³-hybridized carbons (Fsp3) is 0.364. The molecule has 1 N–H and O–H groups in total. The predicted octanol–water partition coefficient (Wildman–Crippen LogP) is 0.350. The first-order valence-electron chi connectivity index (χ1n) is 5.49. The van der Waals surface area contributed by atoms with Crippen molar-refractivity contribution in [1.29, 1.82) is 0 Å². The first kappa shape index (κ1) is 9.47. The Morgan fingerprint density at radius 1 is 1.25 bits per heavy atom. The van der Waals surface area contributed by atoms with Crippen LogP contribution >= 0.6 is 0 Å². The highest BCUT2D eigenvalue weighted by molar-refractivity contribution is 5.24. The summed E-state index contributed by atoms with van der Waals surface area (Å²) in [6.07, 6.45) is 7.49. The molecule has 0 atom stereocenters. The molecule has 3 heterocycles. The fourth-order valence-electron chi connectivity index (χ4n) is 1.91. The third kappa shape index (κ3) is 1.69. The lowest BCUT2D eigenvalue weighted by molar-refractivity contribution is 0.707. The first-order valence-corrected chi connectivity index (χ1v) is 5.49. The van der Waals surface area contributed by atoms with Crippen LogP contribution in [0.4, 0.5) is 0 Å². The zero-order chi connectivity index (χ0) is 10.8. The molecule has 1 aliphatic rings. The number of nitrogens with zero attached hydrogens (tertiary/aromatic N) is 4. The number of aromatic nitrogens is 4. The summed E-state index contributed by atoms with van der Waals surface area (Å²) in [5.74, 6) is 0.658. The van der Waals surface area contributed by atoms with Gasteiger partial charge >= 0.3 is 0 Å². The molecule has 5 nitrogen and oxygen atoms in total. The maximum absolute atomic E-state index is 4.57. The maximum atomic E-state index is 4.57. The molecule has 0 aromatic carbocycles. The zero-order valence-corrected chi connectivity index (χ0v) is 8.93. The number of hydrogen-bond donors (Lipinski definition) is 1. The molecule has 0 radical (unpaired) electrons. The van der Waals surface area contributed by atoms with E-state index in [4.69, 9.17) is 0 Å². The van der Waals surface area contributed by atoms with E-state index in [2.05, 4.69) is 20.4 Å². The molecule has 16 heavy (non-hydrogen) atoms. The van der Waals surface area contributed by atoms with Gasteiger partial charge in [0.05, 0.1) is 5.69 Å². The van der Waals surface area contributed by atoms with Gasteiger partial charge in [0.1, 0.15) is 0 Å². The van der Waals surface area contributed by atoms with Gasteiger partial charge in [-0.2, -0.15) is 5.10 Å². The lowest BCUT2D eigenvalue weighted by Crippen LogP contribution is -2.16. The molecule has 0 saturated carbocycles. The highest BCUT2D eigenvalue weighted by Gasteiger charge is 2.11. The largest absolute Gasteiger partial charge is 0.316 e. The molecule has 0 fully saturated rings. The summed E-state index contributed by atoms with van der Waals surface area (Å²) < 4.78 is 1.69. The van der Waals surface area contributed by atoms with Crippen molar-refractivity contribution in [2.24, 2.45) is 0 Å². The monoisotopic (exact) mass is 215 g/mol. The average molecular weight is 215 g/mol. The normalized spacial score (nSPS) is 15.5. The summed E-state index contributed by atoms with van der Waals surface area (Å²) >= 11 is 0. The standard InChI is InChI=1S/C11H13N5/c1-4-14-16(7-1)11-13-8-9-2-5-12-6-3-10(9)15-11/h1,4,7-8,12H,2-3,5-6H2. The Kier molecular flexibility index (Phi) is 2.38. The van der Waals surface area contributed by atoms with Gasteiger partial charge in [-0.1, -0.05) is 0 Å². The van der Waals surface area contributed by atoms with E-state index >= 15 is 0 Å². The van der Waals surface area contributed by atoms with E-state index in [0.29, 0.717) is 5.95 Å². The highest BCUT2D eigenvalue weighted by atomic mass is 15.3. The van der Waals surface area contributed by atoms with Gasteiger partial charge in [-0.05, 0) is 24.6 Å². The minimum absolute atomic E-state index is 0.658. The van der Waals surface area contributed by atoms with Crippen molar-refractivity contribution in [2.75, 3.05) is 13.1 Å². The van der Waals surface area contributed by atoms with Crippen molar-refractivity contribution < 1.29 is 0 Å². The van der Waals surface area contributed by atoms with Crippen molar-refractivity contribution in [2.45, 2.75) is 12.8 Å². The highest BCUT2D eigenvalue weighted by Crippen LogP contribution is 2.10. The van der Waals surface area contributed by atoms with Crippen LogP contribution < -0.4 is 5.32 Å². The molecule has 0 amide bonds. The van der Waals surface area contributed by atoms with E-state index in [1.807, 2.05) is 18.5 Å². The molecule has 0 spiro atoms. The van der Waals surface area contributed by atoms with Crippen LogP contribution in [0.2, 0.25) is 0 Å². The van der Waals surface area contributed by atoms with Crippen LogP contribution in [0.25, 0.3) is 5.95 Å². The minimum Gasteiger partial charge on any atom is -0.316 e. The molecule has 3 rings (SSSR count). The van der Waals surface area contributed by atoms with E-state index in [1.165, 1.54) is 5.56 Å². The summed E-state index contributed by atoms with van der Waals surface area (Å²) in [4.78, 5) is 8.90. The Bertz CT molecular complexity index is 477. The van der Waals surface area contributed by atoms with Gasteiger partial charge in [0, 0.05) is 31.6 Å². The first-order chi connectivity index (χ1) is 7.93. The molecule has 82 valence electrons. The van der Waals surface area contributed by atoms with Crippen LogP contribution in [-0.2, 0) is 12.8 Å². The summed E-state index contributed by atoms with van der Waals surface area (Å²) in [7, 11) is 0. The van der Waals surface area contributed by atoms with Crippen LogP contribution in [-0.4, -0.2) is 32.8 Å². The molecule has 0 aliphatic carbocycles. The SMILES string of the molecule is c1cnn(-c2ncc3c(n2)CCNCC3)c1. The zero-order valence-electron chi connectivity index (χ0n) is 8.93. The number of hydrogen-bond acceptors (Lipinski definition) is 4. The average Bonchev–Trinajstić information content (AvgIpc) is 2.74. The van der Waals surface area contributed by atoms with Gasteiger partial charge in [0.25, 0.3) is 5.95 Å². The summed E-state index contributed by atoms with van der Waals surface area (Å²) in [5, 5.41) is 7.49. The van der Waals surface area contributed by atoms with E-state index in [0.717, 1.165) is 31.6 Å². The van der Waals surface area contributed by atoms with Gasteiger partial charge in [0.2, 0.25) is 0 Å². The summed E-state index contributed by atoms with van der Waals surface area (Å²) in [6, 6.07) is 1.87. The van der Waals surface area contributed by atoms with Crippen molar-refractivity contribution in [3.8, 4) is 5.95 Å². The predicted molar refractivity (Wildman–Crippen MR) is 59.4 cm³/mol. The second-order valence-corrected chi connectivity index (χ2v) is 3.84. The maximum Gasteiger partial charge on any atom is 0.250 e. The second kappa shape index (κ2) is 4.02. The molecular formula is C11H13N5.